The molecule has 0 aromatic heterocycles. The van der Waals surface area contributed by atoms with Crippen LogP contribution < -0.4 is 0 Å². The lowest BCUT2D eigenvalue weighted by Gasteiger charge is -2.15. The molecule has 0 aliphatic rings. The molecule has 0 amide bonds. The van der Waals surface area contributed by atoms with Gasteiger partial charge in [-0.25, -0.2) is 4.39 Å². The Hall–Kier alpha value is -1.09. The minimum Gasteiger partial charge on any atom is -0.207 e. The monoisotopic (exact) mass is 382 g/mol. The second kappa shape index (κ2) is 5.96. The van der Waals surface area contributed by atoms with Gasteiger partial charge in [-0.3, -0.25) is 0 Å². The Morgan fingerprint density at radius 1 is 0.905 bits per heavy atom. The lowest BCUT2D eigenvalue weighted by molar-refractivity contribution is 0.612. The highest BCUT2D eigenvalue weighted by Crippen LogP contribution is 2.38. The van der Waals surface area contributed by atoms with Crippen LogP contribution >= 0.6 is 39.1 Å². The zero-order chi connectivity index (χ0) is 15.0. The molecule has 0 radical (unpaired) electrons. The molecule has 1 atom stereocenters. The van der Waals surface area contributed by atoms with Gasteiger partial charge in [0, 0.05) is 15.1 Å². The number of benzene rings is 3. The molecule has 0 aliphatic carbocycles. The van der Waals surface area contributed by atoms with E-state index in [1.54, 1.807) is 6.07 Å². The van der Waals surface area contributed by atoms with Crippen LogP contribution in [0, 0.1) is 5.82 Å². The van der Waals surface area contributed by atoms with Crippen molar-refractivity contribution in [2.75, 3.05) is 0 Å². The molecule has 0 saturated heterocycles. The number of halogens is 4. The van der Waals surface area contributed by atoms with Gasteiger partial charge in [-0.05, 0) is 40.6 Å². The maximum atomic E-state index is 14.0. The average molecular weight is 384 g/mol. The predicted octanol–water partition coefficient (Wildman–Crippen LogP) is 6.72. The summed E-state index contributed by atoms with van der Waals surface area (Å²) in [5, 5.41) is 1.91. The average Bonchev–Trinajstić information content (AvgIpc) is 2.50. The molecule has 0 fully saturated rings. The highest BCUT2D eigenvalue weighted by atomic mass is 79.9. The van der Waals surface area contributed by atoms with Crippen molar-refractivity contribution in [3.05, 3.63) is 81.0 Å². The maximum absolute atomic E-state index is 14.0. The molecule has 0 aliphatic heterocycles. The fourth-order valence-corrected chi connectivity index (χ4v) is 3.40. The van der Waals surface area contributed by atoms with Gasteiger partial charge in [0.2, 0.25) is 0 Å². The quantitative estimate of drug-likeness (QED) is 0.430. The molecule has 0 nitrogen and oxygen atoms in total. The van der Waals surface area contributed by atoms with E-state index in [4.69, 9.17) is 23.2 Å². The Morgan fingerprint density at radius 3 is 2.38 bits per heavy atom. The van der Waals surface area contributed by atoms with E-state index in [-0.39, 0.29) is 5.82 Å². The lowest BCUT2D eigenvalue weighted by Crippen LogP contribution is -1.98. The van der Waals surface area contributed by atoms with Crippen molar-refractivity contribution in [3.8, 4) is 0 Å². The minimum absolute atomic E-state index is 0.355. The first-order valence-electron chi connectivity index (χ1n) is 6.34. The van der Waals surface area contributed by atoms with Gasteiger partial charge >= 0.3 is 0 Å². The van der Waals surface area contributed by atoms with Crippen LogP contribution in [0.4, 0.5) is 4.39 Å². The van der Waals surface area contributed by atoms with Crippen molar-refractivity contribution in [2.24, 2.45) is 0 Å². The second-order valence-corrected chi connectivity index (χ2v) is 6.44. The molecule has 0 saturated carbocycles. The number of hydrogen-bond donors (Lipinski definition) is 0. The van der Waals surface area contributed by atoms with Gasteiger partial charge in [0.1, 0.15) is 5.82 Å². The summed E-state index contributed by atoms with van der Waals surface area (Å²) in [6.07, 6.45) is 0. The maximum Gasteiger partial charge on any atom is 0.128 e. The Morgan fingerprint density at radius 2 is 1.62 bits per heavy atom. The van der Waals surface area contributed by atoms with Crippen molar-refractivity contribution in [1.29, 1.82) is 0 Å². The molecule has 3 aromatic rings. The predicted molar refractivity (Wildman–Crippen MR) is 90.8 cm³/mol. The normalized spacial score (nSPS) is 12.6. The van der Waals surface area contributed by atoms with E-state index < -0.39 is 5.38 Å². The fraction of sp³-hybridized carbons (Fsp3) is 0.0588. The standard InChI is InChI=1S/C17H10BrCl2F/c18-15-7-6-13(11-3-1-2-4-12(11)15)17(20)14-9-10(19)5-8-16(14)21/h1-9,17H. The summed E-state index contributed by atoms with van der Waals surface area (Å²) < 4.78 is 15.0. The van der Waals surface area contributed by atoms with Crippen LogP contribution in [0.3, 0.4) is 0 Å². The van der Waals surface area contributed by atoms with Gasteiger partial charge in [-0.2, -0.15) is 0 Å². The van der Waals surface area contributed by atoms with E-state index in [1.165, 1.54) is 12.1 Å². The minimum atomic E-state index is -0.596. The number of alkyl halides is 1. The smallest absolute Gasteiger partial charge is 0.128 e. The van der Waals surface area contributed by atoms with Crippen LogP contribution in [0.15, 0.2) is 59.1 Å². The fourth-order valence-electron chi connectivity index (χ4n) is 2.38. The highest BCUT2D eigenvalue weighted by Gasteiger charge is 2.18. The summed E-state index contributed by atoms with van der Waals surface area (Å²) in [5.74, 6) is -0.355. The van der Waals surface area contributed by atoms with Crippen molar-refractivity contribution in [3.63, 3.8) is 0 Å². The molecule has 0 heterocycles. The van der Waals surface area contributed by atoms with Crippen molar-refractivity contribution >= 4 is 49.9 Å². The second-order valence-electron chi connectivity index (χ2n) is 4.71. The molecule has 0 N–H and O–H groups in total. The molecule has 3 rings (SSSR count). The van der Waals surface area contributed by atoms with Crippen LogP contribution in [0.2, 0.25) is 5.02 Å². The Bertz CT molecular complexity index is 817. The molecule has 106 valence electrons. The van der Waals surface area contributed by atoms with Gasteiger partial charge in [-0.1, -0.05) is 57.9 Å². The summed E-state index contributed by atoms with van der Waals surface area (Å²) in [7, 11) is 0. The SMILES string of the molecule is Fc1ccc(Cl)cc1C(Cl)c1ccc(Br)c2ccccc12. The van der Waals surface area contributed by atoms with Crippen molar-refractivity contribution in [1.82, 2.24) is 0 Å². The van der Waals surface area contributed by atoms with Crippen molar-refractivity contribution < 1.29 is 4.39 Å². The summed E-state index contributed by atoms with van der Waals surface area (Å²) in [5.41, 5.74) is 1.24. The molecule has 4 heteroatoms. The third-order valence-corrected chi connectivity index (χ3v) is 4.81. The summed E-state index contributed by atoms with van der Waals surface area (Å²) in [6.45, 7) is 0. The third-order valence-electron chi connectivity index (χ3n) is 3.41. The number of hydrogen-bond acceptors (Lipinski definition) is 0. The zero-order valence-corrected chi connectivity index (χ0v) is 13.9. The van der Waals surface area contributed by atoms with Crippen molar-refractivity contribution in [2.45, 2.75) is 5.38 Å². The van der Waals surface area contributed by atoms with Gasteiger partial charge in [0.15, 0.2) is 0 Å². The first kappa shape index (κ1) is 14.8. The first-order chi connectivity index (χ1) is 10.1. The van der Waals surface area contributed by atoms with Crippen LogP contribution in [0.5, 0.6) is 0 Å². The van der Waals surface area contributed by atoms with Crippen LogP contribution in [-0.2, 0) is 0 Å². The molecule has 1 unspecified atom stereocenters. The largest absolute Gasteiger partial charge is 0.207 e. The molecule has 0 bridgehead atoms. The highest BCUT2D eigenvalue weighted by molar-refractivity contribution is 9.10. The first-order valence-corrected chi connectivity index (χ1v) is 7.95. The van der Waals surface area contributed by atoms with Gasteiger partial charge < -0.3 is 0 Å². The topological polar surface area (TPSA) is 0 Å². The van der Waals surface area contributed by atoms with E-state index in [0.717, 1.165) is 20.8 Å². The van der Waals surface area contributed by atoms with E-state index >= 15 is 0 Å². The molecular weight excluding hydrogens is 374 g/mol. The summed E-state index contributed by atoms with van der Waals surface area (Å²) in [6, 6.07) is 16.1. The van der Waals surface area contributed by atoms with Gasteiger partial charge in [0.25, 0.3) is 0 Å². The molecule has 21 heavy (non-hydrogen) atoms. The van der Waals surface area contributed by atoms with E-state index in [1.807, 2.05) is 36.4 Å². The Labute approximate surface area is 140 Å². The van der Waals surface area contributed by atoms with Gasteiger partial charge in [0.05, 0.1) is 5.38 Å². The van der Waals surface area contributed by atoms with Gasteiger partial charge in [-0.15, -0.1) is 11.6 Å². The van der Waals surface area contributed by atoms with Crippen LogP contribution in [-0.4, -0.2) is 0 Å². The number of fused-ring (bicyclic) bond motifs is 1. The van der Waals surface area contributed by atoms with Crippen LogP contribution in [0.1, 0.15) is 16.5 Å². The lowest BCUT2D eigenvalue weighted by atomic mass is 9.98. The molecular formula is C17H10BrCl2F. The zero-order valence-electron chi connectivity index (χ0n) is 10.8. The van der Waals surface area contributed by atoms with Crippen LogP contribution in [0.25, 0.3) is 10.8 Å². The molecule has 0 spiro atoms. The summed E-state index contributed by atoms with van der Waals surface area (Å²) in [4.78, 5) is 0. The Balaban J connectivity index is 2.20. The van der Waals surface area contributed by atoms with E-state index in [9.17, 15) is 4.39 Å². The number of rotatable bonds is 2. The summed E-state index contributed by atoms with van der Waals surface area (Å²) >= 11 is 16.0. The van der Waals surface area contributed by atoms with E-state index in [0.29, 0.717) is 10.6 Å². The molecule has 3 aromatic carbocycles. The third kappa shape index (κ3) is 2.80. The Kier molecular flexibility index (Phi) is 4.21. The van der Waals surface area contributed by atoms with E-state index in [2.05, 4.69) is 15.9 Å².